The van der Waals surface area contributed by atoms with Crippen molar-refractivity contribution < 1.29 is 4.79 Å². The zero-order chi connectivity index (χ0) is 11.3. The lowest BCUT2D eigenvalue weighted by Gasteiger charge is -2.23. The first kappa shape index (κ1) is 11.6. The van der Waals surface area contributed by atoms with Crippen molar-refractivity contribution in [1.82, 2.24) is 9.80 Å². The summed E-state index contributed by atoms with van der Waals surface area (Å²) in [7, 11) is 3.63. The number of benzene rings is 1. The largest absolute Gasteiger partial charge is 0.328 e. The Balaban J connectivity index is 2.56. The zero-order valence-electron chi connectivity index (χ0n) is 9.60. The number of hydrogen-bond acceptors (Lipinski definition) is 1. The number of carbonyl (C=O) groups is 1. The van der Waals surface area contributed by atoms with Crippen molar-refractivity contribution in [3.63, 3.8) is 0 Å². The van der Waals surface area contributed by atoms with Crippen LogP contribution in [0.2, 0.25) is 0 Å². The highest BCUT2D eigenvalue weighted by Crippen LogP contribution is 2.04. The average molecular weight is 206 g/mol. The molecular weight excluding hydrogens is 188 g/mol. The lowest BCUT2D eigenvalue weighted by molar-refractivity contribution is 0.173. The van der Waals surface area contributed by atoms with Crippen LogP contribution in [0.25, 0.3) is 0 Å². The van der Waals surface area contributed by atoms with Crippen LogP contribution < -0.4 is 0 Å². The number of urea groups is 1. The second-order valence-electron chi connectivity index (χ2n) is 3.64. The highest BCUT2D eigenvalue weighted by molar-refractivity contribution is 5.73. The van der Waals surface area contributed by atoms with E-state index in [0.717, 1.165) is 12.1 Å². The van der Waals surface area contributed by atoms with Crippen LogP contribution in [0.3, 0.4) is 0 Å². The number of carbonyl (C=O) groups excluding carboxylic acids is 1. The lowest BCUT2D eigenvalue weighted by Crippen LogP contribution is -2.38. The van der Waals surface area contributed by atoms with Gasteiger partial charge in [-0.05, 0) is 12.5 Å². The molecule has 0 heterocycles. The highest BCUT2D eigenvalue weighted by Gasteiger charge is 2.11. The summed E-state index contributed by atoms with van der Waals surface area (Å²) in [6, 6.07) is 10.0. The Kier molecular flexibility index (Phi) is 4.16. The Morgan fingerprint density at radius 2 is 1.73 bits per heavy atom. The van der Waals surface area contributed by atoms with E-state index in [4.69, 9.17) is 0 Å². The van der Waals surface area contributed by atoms with E-state index in [2.05, 4.69) is 0 Å². The molecule has 0 saturated carbocycles. The molecule has 0 aliphatic heterocycles. The van der Waals surface area contributed by atoms with Crippen molar-refractivity contribution in [2.24, 2.45) is 0 Å². The lowest BCUT2D eigenvalue weighted by atomic mass is 10.2. The Labute approximate surface area is 91.3 Å². The van der Waals surface area contributed by atoms with E-state index in [1.54, 1.807) is 9.80 Å². The van der Waals surface area contributed by atoms with E-state index < -0.39 is 0 Å². The standard InChI is InChI=1S/C12H18N2O/c1-4-13(2)12(15)14(3)10-11-8-6-5-7-9-11/h5-9H,4,10H2,1-3H3. The monoisotopic (exact) mass is 206 g/mol. The maximum absolute atomic E-state index is 11.7. The summed E-state index contributed by atoms with van der Waals surface area (Å²) in [5.74, 6) is 0. The van der Waals surface area contributed by atoms with Gasteiger partial charge in [-0.15, -0.1) is 0 Å². The molecule has 2 amide bonds. The molecule has 0 aromatic heterocycles. The van der Waals surface area contributed by atoms with Gasteiger partial charge in [0.1, 0.15) is 0 Å². The molecule has 0 saturated heterocycles. The molecule has 0 unspecified atom stereocenters. The van der Waals surface area contributed by atoms with Crippen molar-refractivity contribution >= 4 is 6.03 Å². The van der Waals surface area contributed by atoms with Crippen molar-refractivity contribution in [3.05, 3.63) is 35.9 Å². The molecule has 1 aromatic carbocycles. The molecule has 0 N–H and O–H groups in total. The van der Waals surface area contributed by atoms with Crippen LogP contribution in [0, 0.1) is 0 Å². The predicted octanol–water partition coefficient (Wildman–Crippen LogP) is 2.19. The zero-order valence-corrected chi connectivity index (χ0v) is 9.60. The minimum absolute atomic E-state index is 0.0568. The van der Waals surface area contributed by atoms with Crippen LogP contribution in [0.15, 0.2) is 30.3 Å². The number of amides is 2. The first-order valence-electron chi connectivity index (χ1n) is 5.15. The fourth-order valence-electron chi connectivity index (χ4n) is 1.35. The smallest absolute Gasteiger partial charge is 0.319 e. The van der Waals surface area contributed by atoms with Crippen LogP contribution in [0.4, 0.5) is 4.79 Å². The van der Waals surface area contributed by atoms with Crippen LogP contribution in [0.5, 0.6) is 0 Å². The van der Waals surface area contributed by atoms with Crippen molar-refractivity contribution in [2.75, 3.05) is 20.6 Å². The van der Waals surface area contributed by atoms with Gasteiger partial charge < -0.3 is 9.80 Å². The SMILES string of the molecule is CCN(C)C(=O)N(C)Cc1ccccc1. The van der Waals surface area contributed by atoms with Crippen LogP contribution >= 0.6 is 0 Å². The molecule has 0 atom stereocenters. The van der Waals surface area contributed by atoms with Crippen molar-refractivity contribution in [2.45, 2.75) is 13.5 Å². The summed E-state index contributed by atoms with van der Waals surface area (Å²) in [6.07, 6.45) is 0. The van der Waals surface area contributed by atoms with Crippen molar-refractivity contribution in [1.29, 1.82) is 0 Å². The molecule has 0 aliphatic carbocycles. The first-order chi connectivity index (χ1) is 7.15. The average Bonchev–Trinajstić information content (AvgIpc) is 2.28. The Morgan fingerprint density at radius 1 is 1.13 bits per heavy atom. The van der Waals surface area contributed by atoms with Gasteiger partial charge in [-0.1, -0.05) is 30.3 Å². The van der Waals surface area contributed by atoms with Gasteiger partial charge in [-0.3, -0.25) is 0 Å². The second-order valence-corrected chi connectivity index (χ2v) is 3.64. The summed E-state index contributed by atoms with van der Waals surface area (Å²) < 4.78 is 0. The molecule has 82 valence electrons. The topological polar surface area (TPSA) is 23.6 Å². The maximum Gasteiger partial charge on any atom is 0.319 e. The summed E-state index contributed by atoms with van der Waals surface area (Å²) in [4.78, 5) is 15.1. The molecule has 3 heteroatoms. The van der Waals surface area contributed by atoms with Gasteiger partial charge in [0.05, 0.1) is 0 Å². The van der Waals surface area contributed by atoms with E-state index in [1.165, 1.54) is 0 Å². The third-order valence-corrected chi connectivity index (χ3v) is 2.39. The van der Waals surface area contributed by atoms with Gasteiger partial charge in [-0.25, -0.2) is 4.79 Å². The first-order valence-corrected chi connectivity index (χ1v) is 5.15. The highest BCUT2D eigenvalue weighted by atomic mass is 16.2. The second kappa shape index (κ2) is 5.39. The molecule has 0 aliphatic rings. The Hall–Kier alpha value is -1.51. The molecule has 0 spiro atoms. The summed E-state index contributed by atoms with van der Waals surface area (Å²) >= 11 is 0. The van der Waals surface area contributed by atoms with Gasteiger partial charge in [0.2, 0.25) is 0 Å². The number of nitrogens with zero attached hydrogens (tertiary/aromatic N) is 2. The van der Waals surface area contributed by atoms with Gasteiger partial charge in [0.25, 0.3) is 0 Å². The van der Waals surface area contributed by atoms with E-state index >= 15 is 0 Å². The Morgan fingerprint density at radius 3 is 2.27 bits per heavy atom. The minimum Gasteiger partial charge on any atom is -0.328 e. The third kappa shape index (κ3) is 3.27. The van der Waals surface area contributed by atoms with E-state index in [1.807, 2.05) is 51.4 Å². The van der Waals surface area contributed by atoms with Crippen LogP contribution in [-0.4, -0.2) is 36.5 Å². The minimum atomic E-state index is 0.0568. The van der Waals surface area contributed by atoms with Gasteiger partial charge in [0.15, 0.2) is 0 Å². The van der Waals surface area contributed by atoms with Gasteiger partial charge in [0, 0.05) is 27.2 Å². The molecule has 3 nitrogen and oxygen atoms in total. The molecule has 1 rings (SSSR count). The summed E-state index contributed by atoms with van der Waals surface area (Å²) in [5.41, 5.74) is 1.15. The molecule has 0 radical (unpaired) electrons. The predicted molar refractivity (Wildman–Crippen MR) is 61.6 cm³/mol. The number of rotatable bonds is 3. The van der Waals surface area contributed by atoms with E-state index in [-0.39, 0.29) is 6.03 Å². The molecule has 0 bridgehead atoms. The number of hydrogen-bond donors (Lipinski definition) is 0. The van der Waals surface area contributed by atoms with E-state index in [0.29, 0.717) is 6.54 Å². The third-order valence-electron chi connectivity index (χ3n) is 2.39. The van der Waals surface area contributed by atoms with Crippen LogP contribution in [0.1, 0.15) is 12.5 Å². The van der Waals surface area contributed by atoms with E-state index in [9.17, 15) is 4.79 Å². The Bertz CT molecular complexity index is 311. The molecule has 1 aromatic rings. The van der Waals surface area contributed by atoms with Crippen molar-refractivity contribution in [3.8, 4) is 0 Å². The van der Waals surface area contributed by atoms with Crippen LogP contribution in [-0.2, 0) is 6.54 Å². The quantitative estimate of drug-likeness (QED) is 0.743. The van der Waals surface area contributed by atoms with Gasteiger partial charge in [-0.2, -0.15) is 0 Å². The summed E-state index contributed by atoms with van der Waals surface area (Å²) in [6.45, 7) is 3.36. The molecular formula is C12H18N2O. The normalized spacial score (nSPS) is 9.80. The maximum atomic E-state index is 11.7. The molecule has 15 heavy (non-hydrogen) atoms. The molecule has 0 fully saturated rings. The fraction of sp³-hybridized carbons (Fsp3) is 0.417. The van der Waals surface area contributed by atoms with Gasteiger partial charge >= 0.3 is 6.03 Å². The summed E-state index contributed by atoms with van der Waals surface area (Å²) in [5, 5.41) is 0. The fourth-order valence-corrected chi connectivity index (χ4v) is 1.35.